The summed E-state index contributed by atoms with van der Waals surface area (Å²) in [5, 5.41) is 13.4. The Bertz CT molecular complexity index is 927. The van der Waals surface area contributed by atoms with Gasteiger partial charge in [0.05, 0.1) is 11.3 Å². The summed E-state index contributed by atoms with van der Waals surface area (Å²) in [4.78, 5) is 47.4. The minimum Gasteiger partial charge on any atom is -0.456 e. The van der Waals surface area contributed by atoms with Gasteiger partial charge in [-0.2, -0.15) is 0 Å². The van der Waals surface area contributed by atoms with Crippen LogP contribution in [0.2, 0.25) is 0 Å². The van der Waals surface area contributed by atoms with Gasteiger partial charge in [0.1, 0.15) is 5.69 Å². The van der Waals surface area contributed by atoms with Crippen LogP contribution in [0.3, 0.4) is 0 Å². The molecule has 2 rings (SSSR count). The molecule has 2 aromatic carbocycles. The summed E-state index contributed by atoms with van der Waals surface area (Å²) in [6.07, 6.45) is 1.73. The van der Waals surface area contributed by atoms with E-state index in [1.165, 1.54) is 12.1 Å². The minimum absolute atomic E-state index is 0.0394. The molecule has 0 unspecified atom stereocenters. The van der Waals surface area contributed by atoms with Crippen molar-refractivity contribution in [3.8, 4) is 0 Å². The zero-order valence-corrected chi connectivity index (χ0v) is 16.8. The number of ketones is 1. The second-order valence-corrected chi connectivity index (χ2v) is 6.97. The summed E-state index contributed by atoms with van der Waals surface area (Å²) in [5.74, 6) is -1.60. The van der Waals surface area contributed by atoms with E-state index in [-0.39, 0.29) is 30.0 Å². The number of para-hydroxylation sites is 1. The molecule has 0 aliphatic carbocycles. The molecular formula is C20H20N2O6S. The molecule has 0 aliphatic rings. The van der Waals surface area contributed by atoms with Gasteiger partial charge in [-0.05, 0) is 30.9 Å². The molecule has 0 atom stereocenters. The molecule has 1 amide bonds. The molecule has 0 heterocycles. The number of aryl methyl sites for hydroxylation is 1. The summed E-state index contributed by atoms with van der Waals surface area (Å²) in [6, 6.07) is 11.4. The van der Waals surface area contributed by atoms with Crippen LogP contribution < -0.4 is 5.32 Å². The number of esters is 1. The lowest BCUT2D eigenvalue weighted by Gasteiger charge is -2.09. The second-order valence-electron chi connectivity index (χ2n) is 6.09. The lowest BCUT2D eigenvalue weighted by Crippen LogP contribution is -2.22. The van der Waals surface area contributed by atoms with Crippen molar-refractivity contribution in [1.82, 2.24) is 0 Å². The number of rotatable bonds is 9. The topological polar surface area (TPSA) is 116 Å². The molecule has 0 aliphatic heterocycles. The normalized spacial score (nSPS) is 10.3. The maximum absolute atomic E-state index is 12.1. The van der Waals surface area contributed by atoms with Gasteiger partial charge in [0.25, 0.3) is 11.6 Å². The Morgan fingerprint density at radius 2 is 1.79 bits per heavy atom. The van der Waals surface area contributed by atoms with Gasteiger partial charge in [-0.15, -0.1) is 11.8 Å². The highest BCUT2D eigenvalue weighted by Gasteiger charge is 2.18. The van der Waals surface area contributed by atoms with Crippen molar-refractivity contribution in [2.24, 2.45) is 0 Å². The largest absolute Gasteiger partial charge is 0.456 e. The second kappa shape index (κ2) is 10.4. The van der Waals surface area contributed by atoms with Gasteiger partial charge >= 0.3 is 5.97 Å². The number of thioether (sulfide) groups is 1. The number of nitro benzene ring substituents is 1. The van der Waals surface area contributed by atoms with E-state index in [2.05, 4.69) is 5.32 Å². The number of benzene rings is 2. The fourth-order valence-electron chi connectivity index (χ4n) is 2.50. The maximum Gasteiger partial charge on any atom is 0.306 e. The summed E-state index contributed by atoms with van der Waals surface area (Å²) in [6.45, 7) is 1.02. The molecule has 0 bridgehead atoms. The van der Waals surface area contributed by atoms with Crippen molar-refractivity contribution in [3.05, 3.63) is 63.7 Å². The van der Waals surface area contributed by atoms with Crippen LogP contribution in [0.4, 0.5) is 11.4 Å². The number of hydrogen-bond acceptors (Lipinski definition) is 7. The summed E-state index contributed by atoms with van der Waals surface area (Å²) in [7, 11) is 0. The third-order valence-corrected chi connectivity index (χ3v) is 4.79. The maximum atomic E-state index is 12.1. The third kappa shape index (κ3) is 6.42. The highest BCUT2D eigenvalue weighted by atomic mass is 32.2. The first-order chi connectivity index (χ1) is 13.8. The van der Waals surface area contributed by atoms with Gasteiger partial charge in [-0.3, -0.25) is 24.5 Å². The van der Waals surface area contributed by atoms with Gasteiger partial charge < -0.3 is 10.1 Å². The number of nitrogens with zero attached hydrogens (tertiary/aromatic N) is 1. The Morgan fingerprint density at radius 1 is 1.10 bits per heavy atom. The van der Waals surface area contributed by atoms with Gasteiger partial charge in [0.2, 0.25) is 0 Å². The summed E-state index contributed by atoms with van der Waals surface area (Å²) in [5.41, 5.74) is 0.822. The molecule has 8 nitrogen and oxygen atoms in total. The molecule has 0 aromatic heterocycles. The Labute approximate surface area is 171 Å². The van der Waals surface area contributed by atoms with E-state index in [9.17, 15) is 24.5 Å². The number of nitrogens with one attached hydrogen (secondary N) is 1. The van der Waals surface area contributed by atoms with Crippen LogP contribution in [-0.2, 0) is 14.3 Å². The van der Waals surface area contributed by atoms with Crippen molar-refractivity contribution in [1.29, 1.82) is 0 Å². The lowest BCUT2D eigenvalue weighted by atomic mass is 10.1. The molecule has 0 saturated heterocycles. The minimum atomic E-state index is -0.700. The van der Waals surface area contributed by atoms with E-state index in [4.69, 9.17) is 4.74 Å². The van der Waals surface area contributed by atoms with Crippen LogP contribution in [-0.4, -0.2) is 35.4 Å². The van der Waals surface area contributed by atoms with Crippen molar-refractivity contribution in [2.45, 2.75) is 24.7 Å². The molecule has 0 radical (unpaired) electrons. The summed E-state index contributed by atoms with van der Waals surface area (Å²) >= 11 is 1.56. The number of nitro groups is 1. The standard InChI is InChI=1S/C20H20N2O6S/c1-13-4-3-5-16(22(26)27)20(13)21-18(24)12-28-19(25)11-10-17(23)14-6-8-15(29-2)9-7-14/h3-9H,10-12H2,1-2H3,(H,21,24). The number of amides is 1. The number of Topliss-reactive ketones (excluding diaryl/α,β-unsaturated/α-hetero) is 1. The van der Waals surface area contributed by atoms with Crippen molar-refractivity contribution < 1.29 is 24.0 Å². The van der Waals surface area contributed by atoms with E-state index < -0.39 is 23.4 Å². The van der Waals surface area contributed by atoms with E-state index in [0.717, 1.165) is 4.90 Å². The average molecular weight is 416 g/mol. The molecule has 152 valence electrons. The lowest BCUT2D eigenvalue weighted by molar-refractivity contribution is -0.384. The van der Waals surface area contributed by atoms with Crippen molar-refractivity contribution >= 4 is 40.8 Å². The number of hydrogen-bond donors (Lipinski definition) is 1. The molecular weight excluding hydrogens is 396 g/mol. The van der Waals surface area contributed by atoms with E-state index >= 15 is 0 Å². The average Bonchev–Trinajstić information content (AvgIpc) is 2.71. The summed E-state index contributed by atoms with van der Waals surface area (Å²) < 4.78 is 4.86. The smallest absolute Gasteiger partial charge is 0.306 e. The number of carbonyl (C=O) groups is 3. The Kier molecular flexibility index (Phi) is 7.90. The predicted octanol–water partition coefficient (Wildman–Crippen LogP) is 3.77. The first kappa shape index (κ1) is 22.1. The van der Waals surface area contributed by atoms with E-state index in [0.29, 0.717) is 11.1 Å². The molecule has 2 aromatic rings. The fraction of sp³-hybridized carbons (Fsp3) is 0.250. The van der Waals surface area contributed by atoms with Crippen molar-refractivity contribution in [3.63, 3.8) is 0 Å². The number of carbonyl (C=O) groups excluding carboxylic acids is 3. The Hall–Kier alpha value is -3.20. The molecule has 0 saturated carbocycles. The zero-order chi connectivity index (χ0) is 21.4. The van der Waals surface area contributed by atoms with Crippen LogP contribution in [0.1, 0.15) is 28.8 Å². The zero-order valence-electron chi connectivity index (χ0n) is 16.0. The van der Waals surface area contributed by atoms with E-state index in [1.54, 1.807) is 36.9 Å². The molecule has 9 heteroatoms. The van der Waals surface area contributed by atoms with Gasteiger partial charge in [-0.1, -0.05) is 24.3 Å². The highest BCUT2D eigenvalue weighted by Crippen LogP contribution is 2.27. The van der Waals surface area contributed by atoms with Crippen molar-refractivity contribution in [2.75, 3.05) is 18.2 Å². The van der Waals surface area contributed by atoms with Crippen LogP contribution in [0, 0.1) is 17.0 Å². The fourth-order valence-corrected chi connectivity index (χ4v) is 2.91. The predicted molar refractivity (Wildman–Crippen MR) is 109 cm³/mol. The first-order valence-electron chi connectivity index (χ1n) is 8.68. The molecule has 29 heavy (non-hydrogen) atoms. The highest BCUT2D eigenvalue weighted by molar-refractivity contribution is 7.98. The van der Waals surface area contributed by atoms with Crippen LogP contribution in [0.5, 0.6) is 0 Å². The van der Waals surface area contributed by atoms with Crippen LogP contribution >= 0.6 is 11.8 Å². The van der Waals surface area contributed by atoms with Crippen LogP contribution in [0.15, 0.2) is 47.4 Å². The molecule has 1 N–H and O–H groups in total. The Morgan fingerprint density at radius 3 is 2.41 bits per heavy atom. The monoisotopic (exact) mass is 416 g/mol. The first-order valence-corrected chi connectivity index (χ1v) is 9.91. The number of anilines is 1. The Balaban J connectivity index is 1.82. The quantitative estimate of drug-likeness (QED) is 0.217. The third-order valence-electron chi connectivity index (χ3n) is 4.04. The van der Waals surface area contributed by atoms with Gasteiger partial charge in [0, 0.05) is 22.9 Å². The van der Waals surface area contributed by atoms with Gasteiger partial charge in [-0.25, -0.2) is 0 Å². The number of ether oxygens (including phenoxy) is 1. The van der Waals surface area contributed by atoms with Crippen LogP contribution in [0.25, 0.3) is 0 Å². The molecule has 0 spiro atoms. The van der Waals surface area contributed by atoms with E-state index in [1.807, 2.05) is 18.4 Å². The molecule has 0 fully saturated rings. The SMILES string of the molecule is CSc1ccc(C(=O)CCC(=O)OCC(=O)Nc2c(C)cccc2[N+](=O)[O-])cc1. The van der Waals surface area contributed by atoms with Gasteiger partial charge in [0.15, 0.2) is 12.4 Å².